The van der Waals surface area contributed by atoms with Crippen molar-refractivity contribution in [1.82, 2.24) is 4.37 Å². The van der Waals surface area contributed by atoms with Gasteiger partial charge in [-0.25, -0.2) is 0 Å². The lowest BCUT2D eigenvalue weighted by Crippen LogP contribution is -1.86. The van der Waals surface area contributed by atoms with E-state index in [9.17, 15) is 0 Å². The Kier molecular flexibility index (Phi) is 2.42. The first-order valence-electron chi connectivity index (χ1n) is 5.21. The first kappa shape index (κ1) is 10.1. The topological polar surface area (TPSA) is 48.1 Å². The molecule has 0 spiro atoms. The molecule has 0 aliphatic heterocycles. The Balaban J connectivity index is 2.00. The predicted molar refractivity (Wildman–Crippen MR) is 70.5 cm³/mol. The lowest BCUT2D eigenvalue weighted by molar-refractivity contribution is 0.502. The lowest BCUT2D eigenvalue weighted by Gasteiger charge is -2.03. The maximum atomic E-state index is 5.79. The predicted octanol–water partition coefficient (Wildman–Crippen LogP) is 3.67. The van der Waals surface area contributed by atoms with Crippen molar-refractivity contribution < 1.29 is 4.74 Å². The summed E-state index contributed by atoms with van der Waals surface area (Å²) in [5.41, 5.74) is 7.35. The van der Waals surface area contributed by atoms with Crippen molar-refractivity contribution in [2.45, 2.75) is 0 Å². The molecule has 0 saturated heterocycles. The molecule has 0 aliphatic rings. The van der Waals surface area contributed by atoms with Crippen molar-refractivity contribution in [3.8, 4) is 10.8 Å². The van der Waals surface area contributed by atoms with E-state index in [2.05, 4.69) is 4.37 Å². The average Bonchev–Trinajstić information content (AvgIpc) is 2.73. The summed E-state index contributed by atoms with van der Waals surface area (Å²) in [6.45, 7) is 0. The van der Waals surface area contributed by atoms with Gasteiger partial charge in [0, 0.05) is 23.3 Å². The summed E-state index contributed by atoms with van der Waals surface area (Å²) in [5.74, 6) is 0.736. The van der Waals surface area contributed by atoms with Gasteiger partial charge in [-0.15, -0.1) is 0 Å². The molecule has 4 heteroatoms. The first-order valence-corrected chi connectivity index (χ1v) is 5.98. The van der Waals surface area contributed by atoms with Crippen LogP contribution in [0.1, 0.15) is 0 Å². The summed E-state index contributed by atoms with van der Waals surface area (Å²) in [5, 5.41) is 1.83. The molecular formula is C13H10N2OS. The van der Waals surface area contributed by atoms with Gasteiger partial charge in [0.15, 0.2) is 0 Å². The minimum absolute atomic E-state index is 0.691. The fourth-order valence-electron chi connectivity index (χ4n) is 1.62. The fraction of sp³-hybridized carbons (Fsp3) is 0. The normalized spacial score (nSPS) is 10.6. The third-order valence-electron chi connectivity index (χ3n) is 2.42. The standard InChI is InChI=1S/C13H10N2OS/c14-9-4-3-5-10(8-9)16-13-11-6-1-2-7-12(11)15-17-13/h1-8H,14H2. The number of hydrogen-bond donors (Lipinski definition) is 1. The molecule has 3 aromatic rings. The number of aromatic nitrogens is 1. The van der Waals surface area contributed by atoms with Crippen LogP contribution in [-0.4, -0.2) is 4.37 Å². The van der Waals surface area contributed by atoms with Gasteiger partial charge >= 0.3 is 0 Å². The van der Waals surface area contributed by atoms with Gasteiger partial charge in [-0.3, -0.25) is 0 Å². The summed E-state index contributed by atoms with van der Waals surface area (Å²) in [6.07, 6.45) is 0. The molecule has 0 unspecified atom stereocenters. The maximum absolute atomic E-state index is 5.79. The quantitative estimate of drug-likeness (QED) is 0.697. The van der Waals surface area contributed by atoms with Crippen LogP contribution in [0.4, 0.5) is 5.69 Å². The Morgan fingerprint density at radius 2 is 1.94 bits per heavy atom. The van der Waals surface area contributed by atoms with Crippen molar-refractivity contribution in [1.29, 1.82) is 0 Å². The monoisotopic (exact) mass is 242 g/mol. The number of nitrogens with zero attached hydrogens (tertiary/aromatic N) is 1. The Morgan fingerprint density at radius 1 is 1.06 bits per heavy atom. The highest BCUT2D eigenvalue weighted by Gasteiger charge is 2.07. The van der Waals surface area contributed by atoms with E-state index >= 15 is 0 Å². The van der Waals surface area contributed by atoms with Crippen LogP contribution >= 0.6 is 11.5 Å². The number of rotatable bonds is 2. The Bertz CT molecular complexity index is 663. The van der Waals surface area contributed by atoms with E-state index in [-0.39, 0.29) is 0 Å². The second kappa shape index (κ2) is 4.07. The van der Waals surface area contributed by atoms with E-state index in [1.807, 2.05) is 42.5 Å². The SMILES string of the molecule is Nc1cccc(Oc2snc3ccccc23)c1. The molecule has 0 fully saturated rings. The molecule has 1 aromatic heterocycles. The molecule has 0 amide bonds. The summed E-state index contributed by atoms with van der Waals surface area (Å²) in [4.78, 5) is 0. The van der Waals surface area contributed by atoms with Crippen molar-refractivity contribution >= 4 is 28.1 Å². The molecule has 3 nitrogen and oxygen atoms in total. The van der Waals surface area contributed by atoms with Gasteiger partial charge in [0.1, 0.15) is 5.75 Å². The van der Waals surface area contributed by atoms with Crippen molar-refractivity contribution in [2.24, 2.45) is 0 Å². The molecule has 2 N–H and O–H groups in total. The molecule has 0 aliphatic carbocycles. The van der Waals surface area contributed by atoms with E-state index in [0.29, 0.717) is 5.69 Å². The van der Waals surface area contributed by atoms with E-state index in [1.165, 1.54) is 11.5 Å². The van der Waals surface area contributed by atoms with Gasteiger partial charge < -0.3 is 10.5 Å². The number of fused-ring (bicyclic) bond motifs is 1. The second-order valence-corrected chi connectivity index (χ2v) is 4.40. The van der Waals surface area contributed by atoms with Crippen LogP contribution in [0.15, 0.2) is 48.5 Å². The van der Waals surface area contributed by atoms with Gasteiger partial charge in [-0.05, 0) is 24.3 Å². The Hall–Kier alpha value is -2.07. The molecule has 0 saturated carbocycles. The zero-order valence-electron chi connectivity index (χ0n) is 8.96. The number of hydrogen-bond acceptors (Lipinski definition) is 4. The molecule has 0 bridgehead atoms. The van der Waals surface area contributed by atoms with E-state index < -0.39 is 0 Å². The molecular weight excluding hydrogens is 232 g/mol. The number of anilines is 1. The number of benzene rings is 2. The third kappa shape index (κ3) is 1.94. The largest absolute Gasteiger partial charge is 0.444 e. The third-order valence-corrected chi connectivity index (χ3v) is 3.18. The highest BCUT2D eigenvalue weighted by Crippen LogP contribution is 2.34. The van der Waals surface area contributed by atoms with Crippen molar-refractivity contribution in [2.75, 3.05) is 5.73 Å². The van der Waals surface area contributed by atoms with Crippen LogP contribution in [-0.2, 0) is 0 Å². The minimum Gasteiger partial charge on any atom is -0.444 e. The van der Waals surface area contributed by atoms with Crippen LogP contribution in [0.2, 0.25) is 0 Å². The summed E-state index contributed by atoms with van der Waals surface area (Å²) in [6, 6.07) is 15.3. The molecule has 17 heavy (non-hydrogen) atoms. The molecule has 0 radical (unpaired) electrons. The molecule has 2 aromatic carbocycles. The first-order chi connectivity index (χ1) is 8.33. The highest BCUT2D eigenvalue weighted by atomic mass is 32.1. The van der Waals surface area contributed by atoms with Gasteiger partial charge in [0.05, 0.1) is 10.9 Å². The van der Waals surface area contributed by atoms with E-state index in [0.717, 1.165) is 21.7 Å². The minimum atomic E-state index is 0.691. The molecule has 3 rings (SSSR count). The van der Waals surface area contributed by atoms with E-state index in [1.54, 1.807) is 6.07 Å². The highest BCUT2D eigenvalue weighted by molar-refractivity contribution is 7.09. The second-order valence-electron chi connectivity index (χ2n) is 3.66. The zero-order chi connectivity index (χ0) is 11.7. The van der Waals surface area contributed by atoms with Crippen LogP contribution < -0.4 is 10.5 Å². The van der Waals surface area contributed by atoms with Crippen LogP contribution in [0.25, 0.3) is 10.9 Å². The fourth-order valence-corrected chi connectivity index (χ4v) is 2.37. The summed E-state index contributed by atoms with van der Waals surface area (Å²) in [7, 11) is 0. The average molecular weight is 242 g/mol. The van der Waals surface area contributed by atoms with Gasteiger partial charge in [-0.2, -0.15) is 4.37 Å². The zero-order valence-corrected chi connectivity index (χ0v) is 9.78. The Labute approximate surface area is 103 Å². The summed E-state index contributed by atoms with van der Waals surface area (Å²) >= 11 is 1.35. The van der Waals surface area contributed by atoms with E-state index in [4.69, 9.17) is 10.5 Å². The maximum Gasteiger partial charge on any atom is 0.207 e. The van der Waals surface area contributed by atoms with Crippen LogP contribution in [0.5, 0.6) is 10.8 Å². The molecule has 1 heterocycles. The van der Waals surface area contributed by atoms with Crippen LogP contribution in [0.3, 0.4) is 0 Å². The summed E-state index contributed by atoms with van der Waals surface area (Å²) < 4.78 is 10.1. The van der Waals surface area contributed by atoms with Gasteiger partial charge in [0.2, 0.25) is 5.06 Å². The van der Waals surface area contributed by atoms with Crippen LogP contribution in [0, 0.1) is 0 Å². The molecule has 0 atom stereocenters. The Morgan fingerprint density at radius 3 is 2.82 bits per heavy atom. The number of nitrogens with two attached hydrogens (primary N) is 1. The lowest BCUT2D eigenvalue weighted by atomic mass is 10.2. The van der Waals surface area contributed by atoms with Gasteiger partial charge in [0.25, 0.3) is 0 Å². The molecule has 84 valence electrons. The van der Waals surface area contributed by atoms with Crippen molar-refractivity contribution in [3.05, 3.63) is 48.5 Å². The smallest absolute Gasteiger partial charge is 0.207 e. The number of nitrogen functional groups attached to an aromatic ring is 1. The van der Waals surface area contributed by atoms with Gasteiger partial charge in [-0.1, -0.05) is 18.2 Å². The van der Waals surface area contributed by atoms with Crippen molar-refractivity contribution in [3.63, 3.8) is 0 Å². The number of ether oxygens (including phenoxy) is 1.